The summed E-state index contributed by atoms with van der Waals surface area (Å²) in [5, 5.41) is 2.86. The highest BCUT2D eigenvalue weighted by Crippen LogP contribution is 2.20. The summed E-state index contributed by atoms with van der Waals surface area (Å²) in [5.41, 5.74) is 1.72. The van der Waals surface area contributed by atoms with Crippen LogP contribution in [0.25, 0.3) is 0 Å². The van der Waals surface area contributed by atoms with Crippen LogP contribution in [0.2, 0.25) is 0 Å². The Hall–Kier alpha value is -2.27. The standard InChI is InChI=1S/C18H19NO3S/c1-2-22-18(21)13-23-16-10-8-15(9-11-16)19-17(20)12-14-6-4-3-5-7-14/h3-11H,2,12-13H2,1H3,(H,19,20). The average Bonchev–Trinajstić information content (AvgIpc) is 2.55. The molecule has 1 N–H and O–H groups in total. The van der Waals surface area contributed by atoms with Crippen molar-refractivity contribution >= 4 is 29.3 Å². The van der Waals surface area contributed by atoms with E-state index in [1.54, 1.807) is 6.92 Å². The summed E-state index contributed by atoms with van der Waals surface area (Å²) in [5.74, 6) is 0.00830. The summed E-state index contributed by atoms with van der Waals surface area (Å²) in [6.45, 7) is 2.18. The molecule has 2 rings (SSSR count). The van der Waals surface area contributed by atoms with Crippen LogP contribution in [0.15, 0.2) is 59.5 Å². The quantitative estimate of drug-likeness (QED) is 0.624. The van der Waals surface area contributed by atoms with Crippen molar-refractivity contribution in [1.29, 1.82) is 0 Å². The van der Waals surface area contributed by atoms with Gasteiger partial charge in [-0.3, -0.25) is 9.59 Å². The van der Waals surface area contributed by atoms with E-state index < -0.39 is 0 Å². The molecule has 120 valence electrons. The lowest BCUT2D eigenvalue weighted by molar-refractivity contribution is -0.139. The molecule has 0 fully saturated rings. The number of rotatable bonds is 7. The topological polar surface area (TPSA) is 55.4 Å². The minimum atomic E-state index is -0.224. The second-order valence-corrected chi connectivity index (χ2v) is 5.88. The molecule has 0 aliphatic carbocycles. The van der Waals surface area contributed by atoms with Crippen molar-refractivity contribution in [3.8, 4) is 0 Å². The van der Waals surface area contributed by atoms with E-state index in [1.165, 1.54) is 11.8 Å². The van der Waals surface area contributed by atoms with E-state index in [9.17, 15) is 9.59 Å². The summed E-state index contributed by atoms with van der Waals surface area (Å²) in [4.78, 5) is 24.2. The van der Waals surface area contributed by atoms with Gasteiger partial charge < -0.3 is 10.1 Å². The van der Waals surface area contributed by atoms with E-state index >= 15 is 0 Å². The number of nitrogens with one attached hydrogen (secondary N) is 1. The fourth-order valence-electron chi connectivity index (χ4n) is 1.97. The van der Waals surface area contributed by atoms with Crippen LogP contribution in [-0.2, 0) is 20.7 Å². The molecule has 0 radical (unpaired) electrons. The number of esters is 1. The lowest BCUT2D eigenvalue weighted by Crippen LogP contribution is -2.14. The zero-order chi connectivity index (χ0) is 16.5. The third kappa shape index (κ3) is 6.16. The highest BCUT2D eigenvalue weighted by molar-refractivity contribution is 8.00. The molecule has 0 aliphatic heterocycles. The molecule has 0 saturated heterocycles. The smallest absolute Gasteiger partial charge is 0.316 e. The number of anilines is 1. The Labute approximate surface area is 140 Å². The number of carbonyl (C=O) groups is 2. The molecule has 23 heavy (non-hydrogen) atoms. The molecule has 0 bridgehead atoms. The Morgan fingerprint density at radius 2 is 1.74 bits per heavy atom. The van der Waals surface area contributed by atoms with Crippen LogP contribution in [0.3, 0.4) is 0 Å². The van der Waals surface area contributed by atoms with Crippen LogP contribution < -0.4 is 5.32 Å². The minimum absolute atomic E-state index is 0.0527. The second kappa shape index (κ2) is 9.00. The van der Waals surface area contributed by atoms with E-state index in [2.05, 4.69) is 5.32 Å². The summed E-state index contributed by atoms with van der Waals surface area (Å²) in [6.07, 6.45) is 0.347. The van der Waals surface area contributed by atoms with Crippen molar-refractivity contribution in [2.24, 2.45) is 0 Å². The number of thioether (sulfide) groups is 1. The van der Waals surface area contributed by atoms with Gasteiger partial charge in [-0.25, -0.2) is 0 Å². The molecule has 0 spiro atoms. The van der Waals surface area contributed by atoms with Crippen LogP contribution in [0.1, 0.15) is 12.5 Å². The zero-order valence-electron chi connectivity index (χ0n) is 13.0. The van der Waals surface area contributed by atoms with E-state index in [-0.39, 0.29) is 17.6 Å². The van der Waals surface area contributed by atoms with Gasteiger partial charge in [-0.2, -0.15) is 0 Å². The van der Waals surface area contributed by atoms with Gasteiger partial charge in [0.15, 0.2) is 0 Å². The maximum Gasteiger partial charge on any atom is 0.316 e. The fraction of sp³-hybridized carbons (Fsp3) is 0.222. The van der Waals surface area contributed by atoms with Crippen LogP contribution in [-0.4, -0.2) is 24.2 Å². The van der Waals surface area contributed by atoms with Crippen molar-refractivity contribution in [1.82, 2.24) is 0 Å². The maximum atomic E-state index is 12.0. The highest BCUT2D eigenvalue weighted by Gasteiger charge is 2.05. The van der Waals surface area contributed by atoms with Gasteiger partial charge in [0.05, 0.1) is 18.8 Å². The molecule has 0 aliphatic rings. The third-order valence-corrected chi connectivity index (χ3v) is 3.99. The first-order chi connectivity index (χ1) is 11.2. The fourth-order valence-corrected chi connectivity index (χ4v) is 2.66. The van der Waals surface area contributed by atoms with E-state index in [4.69, 9.17) is 4.74 Å². The second-order valence-electron chi connectivity index (χ2n) is 4.83. The van der Waals surface area contributed by atoms with Gasteiger partial charge in [0.1, 0.15) is 0 Å². The van der Waals surface area contributed by atoms with E-state index in [0.29, 0.717) is 13.0 Å². The Morgan fingerprint density at radius 1 is 1.04 bits per heavy atom. The summed E-state index contributed by atoms with van der Waals surface area (Å²) in [7, 11) is 0. The Bertz CT molecular complexity index is 641. The lowest BCUT2D eigenvalue weighted by atomic mass is 10.1. The van der Waals surface area contributed by atoms with Crippen LogP contribution >= 0.6 is 11.8 Å². The Kier molecular flexibility index (Phi) is 6.69. The largest absolute Gasteiger partial charge is 0.465 e. The first-order valence-electron chi connectivity index (χ1n) is 7.39. The zero-order valence-corrected chi connectivity index (χ0v) is 13.8. The molecule has 1 amide bonds. The van der Waals surface area contributed by atoms with Crippen molar-refractivity contribution in [3.05, 3.63) is 60.2 Å². The Morgan fingerprint density at radius 3 is 2.39 bits per heavy atom. The van der Waals surface area contributed by atoms with Crippen LogP contribution in [0, 0.1) is 0 Å². The minimum Gasteiger partial charge on any atom is -0.465 e. The van der Waals surface area contributed by atoms with Gasteiger partial charge in [0, 0.05) is 10.6 Å². The highest BCUT2D eigenvalue weighted by atomic mass is 32.2. The predicted molar refractivity (Wildman–Crippen MR) is 92.6 cm³/mol. The molecule has 5 heteroatoms. The maximum absolute atomic E-state index is 12.0. The molecule has 0 atom stereocenters. The van der Waals surface area contributed by atoms with Crippen molar-refractivity contribution in [2.75, 3.05) is 17.7 Å². The number of hydrogen-bond acceptors (Lipinski definition) is 4. The number of carbonyl (C=O) groups excluding carboxylic acids is 2. The molecular weight excluding hydrogens is 310 g/mol. The SMILES string of the molecule is CCOC(=O)CSc1ccc(NC(=O)Cc2ccccc2)cc1. The first kappa shape index (κ1) is 17.1. The molecule has 0 unspecified atom stereocenters. The third-order valence-electron chi connectivity index (χ3n) is 3.01. The molecule has 0 aromatic heterocycles. The average molecular weight is 329 g/mol. The monoisotopic (exact) mass is 329 g/mol. The molecule has 4 nitrogen and oxygen atoms in total. The Balaban J connectivity index is 1.82. The van der Waals surface area contributed by atoms with Crippen LogP contribution in [0.5, 0.6) is 0 Å². The number of ether oxygens (including phenoxy) is 1. The summed E-state index contributed by atoms with van der Waals surface area (Å²) in [6, 6.07) is 17.0. The molecule has 2 aromatic carbocycles. The molecule has 0 saturated carbocycles. The van der Waals surface area contributed by atoms with Gasteiger partial charge in [-0.1, -0.05) is 30.3 Å². The van der Waals surface area contributed by atoms with Crippen molar-refractivity contribution in [3.63, 3.8) is 0 Å². The van der Waals surface area contributed by atoms with Crippen molar-refractivity contribution in [2.45, 2.75) is 18.2 Å². The van der Waals surface area contributed by atoms with E-state index in [0.717, 1.165) is 16.1 Å². The van der Waals surface area contributed by atoms with E-state index in [1.807, 2.05) is 54.6 Å². The molecule has 0 heterocycles. The first-order valence-corrected chi connectivity index (χ1v) is 8.38. The lowest BCUT2D eigenvalue weighted by Gasteiger charge is -2.07. The molecular formula is C18H19NO3S. The van der Waals surface area contributed by atoms with Gasteiger partial charge in [0.25, 0.3) is 0 Å². The molecule has 2 aromatic rings. The van der Waals surface area contributed by atoms with Gasteiger partial charge in [-0.05, 0) is 36.8 Å². The predicted octanol–water partition coefficient (Wildman–Crippen LogP) is 3.52. The number of hydrogen-bond donors (Lipinski definition) is 1. The van der Waals surface area contributed by atoms with Gasteiger partial charge in [-0.15, -0.1) is 11.8 Å². The van der Waals surface area contributed by atoms with Crippen LogP contribution in [0.4, 0.5) is 5.69 Å². The summed E-state index contributed by atoms with van der Waals surface area (Å²) >= 11 is 1.41. The summed E-state index contributed by atoms with van der Waals surface area (Å²) < 4.78 is 4.88. The number of amides is 1. The van der Waals surface area contributed by atoms with Gasteiger partial charge >= 0.3 is 5.97 Å². The normalized spacial score (nSPS) is 10.1. The van der Waals surface area contributed by atoms with Crippen molar-refractivity contribution < 1.29 is 14.3 Å². The number of benzene rings is 2. The van der Waals surface area contributed by atoms with Gasteiger partial charge in [0.2, 0.25) is 5.91 Å².